The van der Waals surface area contributed by atoms with E-state index in [0.717, 1.165) is 23.4 Å². The Labute approximate surface area is 118 Å². The van der Waals surface area contributed by atoms with Crippen molar-refractivity contribution in [3.8, 4) is 0 Å². The van der Waals surface area contributed by atoms with Crippen LogP contribution in [0.25, 0.3) is 0 Å². The minimum absolute atomic E-state index is 0.113. The molecule has 1 N–H and O–H groups in total. The van der Waals surface area contributed by atoms with Gasteiger partial charge in [-0.15, -0.1) is 0 Å². The van der Waals surface area contributed by atoms with Crippen molar-refractivity contribution < 1.29 is 9.21 Å². The first kappa shape index (κ1) is 12.8. The summed E-state index contributed by atoms with van der Waals surface area (Å²) in [5.74, 6) is 0.981. The van der Waals surface area contributed by atoms with Gasteiger partial charge in [0.25, 0.3) is 0 Å². The van der Waals surface area contributed by atoms with Crippen LogP contribution in [0.3, 0.4) is 0 Å². The number of likely N-dealkylation sites (N-methyl/N-ethyl adjacent to an activating group) is 1. The second-order valence-corrected chi connectivity index (χ2v) is 5.25. The summed E-state index contributed by atoms with van der Waals surface area (Å²) in [6.45, 7) is 2.49. The highest BCUT2D eigenvalue weighted by molar-refractivity contribution is 5.87. The second-order valence-electron chi connectivity index (χ2n) is 5.25. The van der Waals surface area contributed by atoms with E-state index in [4.69, 9.17) is 4.42 Å². The predicted octanol–water partition coefficient (Wildman–Crippen LogP) is 2.58. The van der Waals surface area contributed by atoms with Crippen LogP contribution in [0.2, 0.25) is 0 Å². The van der Waals surface area contributed by atoms with Gasteiger partial charge in [-0.1, -0.05) is 18.2 Å². The smallest absolute Gasteiger partial charge is 0.245 e. The maximum Gasteiger partial charge on any atom is 0.245 e. The van der Waals surface area contributed by atoms with E-state index in [-0.39, 0.29) is 11.9 Å². The second kappa shape index (κ2) is 5.04. The van der Waals surface area contributed by atoms with Gasteiger partial charge in [-0.25, -0.2) is 0 Å². The van der Waals surface area contributed by atoms with E-state index < -0.39 is 0 Å². The number of carbonyl (C=O) groups is 1. The van der Waals surface area contributed by atoms with E-state index in [9.17, 15) is 4.79 Å². The third-order valence-electron chi connectivity index (χ3n) is 3.82. The molecule has 0 saturated heterocycles. The number of furan rings is 1. The van der Waals surface area contributed by atoms with Gasteiger partial charge in [-0.2, -0.15) is 0 Å². The number of hydrogen-bond acceptors (Lipinski definition) is 3. The van der Waals surface area contributed by atoms with Gasteiger partial charge in [0.05, 0.1) is 6.26 Å². The van der Waals surface area contributed by atoms with Crippen molar-refractivity contribution in [1.29, 1.82) is 0 Å². The number of nitrogens with zero attached hydrogens (tertiary/aromatic N) is 1. The van der Waals surface area contributed by atoms with Gasteiger partial charge < -0.3 is 14.6 Å². The van der Waals surface area contributed by atoms with E-state index in [1.807, 2.05) is 38.2 Å². The van der Waals surface area contributed by atoms with Gasteiger partial charge in [0.1, 0.15) is 11.8 Å². The third-order valence-corrected chi connectivity index (χ3v) is 3.82. The lowest BCUT2D eigenvalue weighted by Crippen LogP contribution is -2.39. The van der Waals surface area contributed by atoms with Crippen LogP contribution >= 0.6 is 0 Å². The molecule has 2 aromatic rings. The van der Waals surface area contributed by atoms with Crippen molar-refractivity contribution in [1.82, 2.24) is 4.90 Å². The van der Waals surface area contributed by atoms with Gasteiger partial charge in [-0.3, -0.25) is 4.79 Å². The molecule has 0 unspecified atom stereocenters. The molecule has 0 radical (unpaired) electrons. The van der Waals surface area contributed by atoms with Crippen molar-refractivity contribution in [3.05, 3.63) is 53.5 Å². The van der Waals surface area contributed by atoms with E-state index in [2.05, 4.69) is 11.4 Å². The van der Waals surface area contributed by atoms with E-state index >= 15 is 0 Å². The first-order valence-electron chi connectivity index (χ1n) is 6.77. The largest absolute Gasteiger partial charge is 0.469 e. The zero-order chi connectivity index (χ0) is 14.1. The summed E-state index contributed by atoms with van der Waals surface area (Å²) >= 11 is 0. The molecule has 20 heavy (non-hydrogen) atoms. The Balaban J connectivity index is 1.67. The first-order chi connectivity index (χ1) is 9.65. The molecule has 4 nitrogen and oxygen atoms in total. The van der Waals surface area contributed by atoms with Crippen molar-refractivity contribution in [3.63, 3.8) is 0 Å². The van der Waals surface area contributed by atoms with Crippen molar-refractivity contribution >= 4 is 11.6 Å². The minimum Gasteiger partial charge on any atom is -0.469 e. The van der Waals surface area contributed by atoms with Gasteiger partial charge in [0.15, 0.2) is 0 Å². The fraction of sp³-hybridized carbons (Fsp3) is 0.312. The standard InChI is InChI=1S/C16H18N2O2/c1-11-13(7-8-20-11)10-18(2)16(19)15-9-12-5-3-4-6-14(12)17-15/h3-8,15,17H,9-10H2,1-2H3/t15-/m0/s1. The van der Waals surface area contributed by atoms with E-state index in [1.54, 1.807) is 11.2 Å². The summed E-state index contributed by atoms with van der Waals surface area (Å²) in [4.78, 5) is 14.2. The molecule has 104 valence electrons. The molecule has 0 spiro atoms. The highest BCUT2D eigenvalue weighted by Crippen LogP contribution is 2.26. The molecular formula is C16H18N2O2. The molecule has 1 atom stereocenters. The molecule has 2 heterocycles. The zero-order valence-electron chi connectivity index (χ0n) is 11.7. The van der Waals surface area contributed by atoms with Crippen LogP contribution < -0.4 is 5.32 Å². The lowest BCUT2D eigenvalue weighted by Gasteiger charge is -2.21. The Bertz CT molecular complexity index is 608. The third kappa shape index (κ3) is 2.29. The summed E-state index contributed by atoms with van der Waals surface area (Å²) in [5, 5.41) is 3.29. The molecule has 1 aliphatic heterocycles. The number of carbonyl (C=O) groups excluding carboxylic acids is 1. The summed E-state index contributed by atoms with van der Waals surface area (Å²) in [6, 6.07) is 9.82. The van der Waals surface area contributed by atoms with Crippen LogP contribution in [0, 0.1) is 6.92 Å². The van der Waals surface area contributed by atoms with Crippen LogP contribution in [0.4, 0.5) is 5.69 Å². The fourth-order valence-electron chi connectivity index (χ4n) is 2.62. The Morgan fingerprint density at radius 1 is 1.40 bits per heavy atom. The van der Waals surface area contributed by atoms with Crippen LogP contribution in [-0.2, 0) is 17.8 Å². The van der Waals surface area contributed by atoms with Crippen LogP contribution in [0.5, 0.6) is 0 Å². The van der Waals surface area contributed by atoms with Gasteiger partial charge in [0, 0.05) is 31.3 Å². The minimum atomic E-state index is -0.162. The number of hydrogen-bond donors (Lipinski definition) is 1. The number of amides is 1. The monoisotopic (exact) mass is 270 g/mol. The molecule has 3 rings (SSSR count). The number of anilines is 1. The van der Waals surface area contributed by atoms with E-state index in [1.165, 1.54) is 5.56 Å². The lowest BCUT2D eigenvalue weighted by atomic mass is 10.1. The number of rotatable bonds is 3. The first-order valence-corrected chi connectivity index (χ1v) is 6.77. The molecule has 1 aromatic heterocycles. The number of nitrogens with one attached hydrogen (secondary N) is 1. The van der Waals surface area contributed by atoms with Crippen LogP contribution in [0.15, 0.2) is 41.0 Å². The number of fused-ring (bicyclic) bond motifs is 1. The summed E-state index contributed by atoms with van der Waals surface area (Å²) in [5.41, 5.74) is 3.33. The molecule has 1 aliphatic rings. The van der Waals surface area contributed by atoms with Crippen molar-refractivity contribution in [2.75, 3.05) is 12.4 Å². The number of benzene rings is 1. The highest BCUT2D eigenvalue weighted by atomic mass is 16.3. The summed E-state index contributed by atoms with van der Waals surface area (Å²) in [7, 11) is 1.83. The predicted molar refractivity (Wildman–Crippen MR) is 77.5 cm³/mol. The highest BCUT2D eigenvalue weighted by Gasteiger charge is 2.28. The summed E-state index contributed by atoms with van der Waals surface area (Å²) < 4.78 is 5.27. The Hall–Kier alpha value is -2.23. The average molecular weight is 270 g/mol. The number of para-hydroxylation sites is 1. The molecule has 0 aliphatic carbocycles. The Morgan fingerprint density at radius 2 is 2.20 bits per heavy atom. The van der Waals surface area contributed by atoms with Crippen molar-refractivity contribution in [2.45, 2.75) is 25.9 Å². The fourth-order valence-corrected chi connectivity index (χ4v) is 2.62. The van der Waals surface area contributed by atoms with Gasteiger partial charge in [0.2, 0.25) is 5.91 Å². The molecule has 1 aromatic carbocycles. The maximum atomic E-state index is 12.5. The lowest BCUT2D eigenvalue weighted by molar-refractivity contribution is -0.131. The molecule has 0 saturated carbocycles. The molecule has 0 bridgehead atoms. The Morgan fingerprint density at radius 3 is 2.90 bits per heavy atom. The number of aryl methyl sites for hydroxylation is 1. The van der Waals surface area contributed by atoms with Crippen molar-refractivity contribution in [2.24, 2.45) is 0 Å². The molecule has 0 fully saturated rings. The van der Waals surface area contributed by atoms with E-state index in [0.29, 0.717) is 6.54 Å². The zero-order valence-corrected chi connectivity index (χ0v) is 11.7. The quantitative estimate of drug-likeness (QED) is 0.932. The van der Waals surface area contributed by atoms with Crippen LogP contribution in [0.1, 0.15) is 16.9 Å². The normalized spacial score (nSPS) is 16.6. The molecular weight excluding hydrogens is 252 g/mol. The summed E-state index contributed by atoms with van der Waals surface area (Å²) in [6.07, 6.45) is 2.41. The SMILES string of the molecule is Cc1occc1CN(C)C(=O)[C@@H]1Cc2ccccc2N1. The van der Waals surface area contributed by atoms with Crippen LogP contribution in [-0.4, -0.2) is 23.9 Å². The maximum absolute atomic E-state index is 12.5. The van der Waals surface area contributed by atoms with Gasteiger partial charge in [-0.05, 0) is 24.6 Å². The average Bonchev–Trinajstić information content (AvgIpc) is 3.04. The Kier molecular flexibility index (Phi) is 3.22. The molecule has 4 heteroatoms. The topological polar surface area (TPSA) is 45.5 Å². The van der Waals surface area contributed by atoms with Gasteiger partial charge >= 0.3 is 0 Å². The molecule has 1 amide bonds.